The van der Waals surface area contributed by atoms with Crippen molar-refractivity contribution >= 4 is 50.3 Å². The van der Waals surface area contributed by atoms with Crippen LogP contribution >= 0.6 is 0 Å². The lowest BCUT2D eigenvalue weighted by Crippen LogP contribution is -2.08. The molecule has 0 aliphatic heterocycles. The molecule has 6 rings (SSSR count). The smallest absolute Gasteiger partial charge is 0.200 e. The fraction of sp³-hybridized carbons (Fsp3) is 0.207. The maximum Gasteiger partial charge on any atom is 0.200 e. The molecule has 0 amide bonds. The van der Waals surface area contributed by atoms with Crippen LogP contribution in [0.15, 0.2) is 45.1 Å². The van der Waals surface area contributed by atoms with Crippen LogP contribution in [0.25, 0.3) is 50.3 Å². The monoisotopic (exact) mass is 445 g/mol. The Labute approximate surface area is 196 Å². The molecule has 0 atom stereocenters. The summed E-state index contributed by atoms with van der Waals surface area (Å²) in [5, 5.41) is 22.4. The van der Waals surface area contributed by atoms with Crippen LogP contribution in [0, 0.1) is 29.6 Å². The first-order valence-electron chi connectivity index (χ1n) is 11.5. The summed E-state index contributed by atoms with van der Waals surface area (Å²) in [5.74, 6) is 0.587. The minimum Gasteiger partial charge on any atom is -0.460 e. The van der Waals surface area contributed by atoms with Gasteiger partial charge in [-0.25, -0.2) is 0 Å². The normalized spacial score (nSPS) is 13.2. The largest absolute Gasteiger partial charge is 0.460 e. The summed E-state index contributed by atoms with van der Waals surface area (Å²) in [6, 6.07) is 12.1. The Morgan fingerprint density at radius 3 is 2.56 bits per heavy atom. The molecular formula is C29H23N3O2. The zero-order chi connectivity index (χ0) is 24.1. The van der Waals surface area contributed by atoms with E-state index in [4.69, 9.17) is 4.42 Å². The first-order valence-corrected chi connectivity index (χ1v) is 11.5. The topological polar surface area (TPSA) is 82.2 Å². The average Bonchev–Trinajstić information content (AvgIpc) is 3.38. The van der Waals surface area contributed by atoms with E-state index < -0.39 is 0 Å². The summed E-state index contributed by atoms with van der Waals surface area (Å²) >= 11 is 0. The van der Waals surface area contributed by atoms with Crippen LogP contribution in [0.5, 0.6) is 0 Å². The molecule has 5 nitrogen and oxygen atoms in total. The summed E-state index contributed by atoms with van der Waals surface area (Å²) in [4.78, 5) is 13.5. The molecular weight excluding hydrogens is 422 g/mol. The highest BCUT2D eigenvalue weighted by Gasteiger charge is 2.27. The lowest BCUT2D eigenvalue weighted by atomic mass is 9.93. The van der Waals surface area contributed by atoms with Crippen molar-refractivity contribution < 1.29 is 4.42 Å². The van der Waals surface area contributed by atoms with E-state index in [0.717, 1.165) is 44.0 Å². The van der Waals surface area contributed by atoms with Gasteiger partial charge in [0.05, 0.1) is 45.4 Å². The first kappa shape index (κ1) is 21.5. The lowest BCUT2D eigenvalue weighted by molar-refractivity contribution is 0.566. The van der Waals surface area contributed by atoms with Crippen molar-refractivity contribution in [2.24, 2.45) is 0 Å². The molecule has 1 aliphatic carbocycles. The number of allylic oxidation sites excluding steroid dienone is 2. The Hall–Kier alpha value is -4.35. The van der Waals surface area contributed by atoms with Crippen LogP contribution in [-0.2, 0) is 6.42 Å². The molecule has 5 heteroatoms. The van der Waals surface area contributed by atoms with Gasteiger partial charge in [0.2, 0.25) is 0 Å². The number of fused-ring (bicyclic) bond motifs is 8. The minimum atomic E-state index is -0.0485. The van der Waals surface area contributed by atoms with Gasteiger partial charge in [-0.2, -0.15) is 10.5 Å². The van der Waals surface area contributed by atoms with Gasteiger partial charge in [-0.15, -0.1) is 0 Å². The summed E-state index contributed by atoms with van der Waals surface area (Å²) in [6.45, 7) is 7.70. The fourth-order valence-corrected chi connectivity index (χ4v) is 5.16. The molecule has 166 valence electrons. The van der Waals surface area contributed by atoms with Gasteiger partial charge in [0, 0.05) is 21.7 Å². The number of hydrogen-bond donors (Lipinski definition) is 0. The van der Waals surface area contributed by atoms with Crippen molar-refractivity contribution in [1.29, 1.82) is 10.5 Å². The number of nitrogens with zero attached hydrogens (tertiary/aromatic N) is 3. The summed E-state index contributed by atoms with van der Waals surface area (Å²) in [5.41, 5.74) is 6.29. The Morgan fingerprint density at radius 1 is 1.06 bits per heavy atom. The Balaban J connectivity index is 0.00000117. The molecule has 0 N–H and O–H groups in total. The molecule has 3 aromatic heterocycles. The zero-order valence-corrected chi connectivity index (χ0v) is 19.6. The Kier molecular flexibility index (Phi) is 5.00. The second-order valence-electron chi connectivity index (χ2n) is 8.25. The molecule has 0 saturated carbocycles. The van der Waals surface area contributed by atoms with Crippen molar-refractivity contribution in [3.63, 3.8) is 0 Å². The molecule has 5 aromatic rings. The summed E-state index contributed by atoms with van der Waals surface area (Å²) in [7, 11) is 0. The van der Waals surface area contributed by atoms with Crippen LogP contribution in [0.4, 0.5) is 0 Å². The van der Waals surface area contributed by atoms with E-state index in [9.17, 15) is 15.3 Å². The molecule has 0 spiro atoms. The molecule has 2 aromatic carbocycles. The maximum absolute atomic E-state index is 13.5. The molecule has 34 heavy (non-hydrogen) atoms. The van der Waals surface area contributed by atoms with Crippen LogP contribution in [0.1, 0.15) is 55.3 Å². The third kappa shape index (κ3) is 2.74. The van der Waals surface area contributed by atoms with E-state index in [2.05, 4.69) is 16.5 Å². The number of benzene rings is 2. The fourth-order valence-electron chi connectivity index (χ4n) is 5.16. The van der Waals surface area contributed by atoms with Crippen molar-refractivity contribution in [1.82, 2.24) is 4.40 Å². The Bertz CT molecular complexity index is 1830. The lowest BCUT2D eigenvalue weighted by Gasteiger charge is -2.11. The van der Waals surface area contributed by atoms with Crippen LogP contribution in [0.2, 0.25) is 0 Å². The van der Waals surface area contributed by atoms with Crippen molar-refractivity contribution in [2.45, 2.75) is 40.5 Å². The van der Waals surface area contributed by atoms with E-state index in [1.165, 1.54) is 0 Å². The van der Waals surface area contributed by atoms with Gasteiger partial charge >= 0.3 is 0 Å². The third-order valence-electron chi connectivity index (χ3n) is 6.54. The molecule has 0 radical (unpaired) electrons. The van der Waals surface area contributed by atoms with E-state index in [-0.39, 0.29) is 5.43 Å². The van der Waals surface area contributed by atoms with Gasteiger partial charge in [-0.1, -0.05) is 32.1 Å². The summed E-state index contributed by atoms with van der Waals surface area (Å²) in [6.07, 6.45) is 6.91. The van der Waals surface area contributed by atoms with Crippen molar-refractivity contribution in [2.75, 3.05) is 0 Å². The second-order valence-corrected chi connectivity index (χ2v) is 8.25. The predicted molar refractivity (Wildman–Crippen MR) is 137 cm³/mol. The Morgan fingerprint density at radius 2 is 1.85 bits per heavy atom. The van der Waals surface area contributed by atoms with E-state index in [0.29, 0.717) is 40.7 Å². The van der Waals surface area contributed by atoms with Crippen LogP contribution in [0.3, 0.4) is 0 Å². The number of rotatable bonds is 1. The molecule has 0 bridgehead atoms. The SMILES string of the molecule is C/C=C\c1c(C)oc2c(cc3c4ccc(C#N)cc4n4c5c(c2c34)CCC(C#N)=C5)c1=O.CC. The third-order valence-corrected chi connectivity index (χ3v) is 6.54. The second kappa shape index (κ2) is 7.90. The van der Waals surface area contributed by atoms with Crippen LogP contribution in [-0.4, -0.2) is 4.40 Å². The van der Waals surface area contributed by atoms with E-state index >= 15 is 0 Å². The highest BCUT2D eigenvalue weighted by molar-refractivity contribution is 6.23. The number of hydrogen-bond acceptors (Lipinski definition) is 4. The van der Waals surface area contributed by atoms with Gasteiger partial charge in [-0.3, -0.25) is 4.79 Å². The minimum absolute atomic E-state index is 0.0485. The van der Waals surface area contributed by atoms with Crippen LogP contribution < -0.4 is 5.43 Å². The number of aromatic nitrogens is 1. The maximum atomic E-state index is 13.5. The van der Waals surface area contributed by atoms with Gasteiger partial charge in [0.1, 0.15) is 11.3 Å². The zero-order valence-electron chi connectivity index (χ0n) is 19.6. The first-order chi connectivity index (χ1) is 16.6. The van der Waals surface area contributed by atoms with Gasteiger partial charge in [0.15, 0.2) is 5.43 Å². The quantitative estimate of drug-likeness (QED) is 0.281. The average molecular weight is 446 g/mol. The molecule has 0 saturated heterocycles. The molecule has 1 aliphatic rings. The number of aryl methyl sites for hydroxylation is 2. The van der Waals surface area contributed by atoms with Gasteiger partial charge in [0.25, 0.3) is 0 Å². The van der Waals surface area contributed by atoms with Gasteiger partial charge < -0.3 is 8.82 Å². The van der Waals surface area contributed by atoms with Crippen molar-refractivity contribution in [3.8, 4) is 12.1 Å². The molecule has 0 unspecified atom stereocenters. The molecule has 0 fully saturated rings. The highest BCUT2D eigenvalue weighted by Crippen LogP contribution is 2.44. The van der Waals surface area contributed by atoms with E-state index in [1.54, 1.807) is 12.1 Å². The molecule has 3 heterocycles. The van der Waals surface area contributed by atoms with Gasteiger partial charge in [-0.05, 0) is 56.5 Å². The van der Waals surface area contributed by atoms with Crippen molar-refractivity contribution in [3.05, 3.63) is 74.3 Å². The van der Waals surface area contributed by atoms with E-state index in [1.807, 2.05) is 58.0 Å². The standard InChI is InChI=1S/C27H17N3O2.C2H6/c1-3-4-17-14(2)32-27-21(26(17)31)11-20-18-7-5-15(12-28)9-22(18)30-23-10-16(13-29)6-8-19(23)24(27)25(20)30;1-2/h3-5,7,9-11H,6,8H2,1-2H3;1-2H3/b4-3-;. The highest BCUT2D eigenvalue weighted by atomic mass is 16.3. The predicted octanol–water partition coefficient (Wildman–Crippen LogP) is 6.88. The number of nitriles is 2. The summed E-state index contributed by atoms with van der Waals surface area (Å²) < 4.78 is 8.42.